The zero-order valence-corrected chi connectivity index (χ0v) is 11.7. The molecule has 0 bridgehead atoms. The number of aryl methyl sites for hydroxylation is 2. The van der Waals surface area contributed by atoms with E-state index in [1.807, 2.05) is 13.8 Å². The second kappa shape index (κ2) is 6.19. The third-order valence-corrected chi connectivity index (χ3v) is 4.04. The van der Waals surface area contributed by atoms with E-state index in [4.69, 9.17) is 10.2 Å². The third-order valence-electron chi connectivity index (χ3n) is 4.04. The zero-order valence-electron chi connectivity index (χ0n) is 11.7. The van der Waals surface area contributed by atoms with E-state index in [1.54, 1.807) is 0 Å². The standard InChI is InChI=1S/C14H23N3O2/c1-9-10(2)19-13(17-9)8-16-14(18)12-5-3-11(7-15)4-6-12/h11-12H,3-8,15H2,1-2H3,(H,16,18). The fourth-order valence-corrected chi connectivity index (χ4v) is 2.58. The smallest absolute Gasteiger partial charge is 0.223 e. The fraction of sp³-hybridized carbons (Fsp3) is 0.714. The summed E-state index contributed by atoms with van der Waals surface area (Å²) in [5.74, 6) is 2.23. The summed E-state index contributed by atoms with van der Waals surface area (Å²) >= 11 is 0. The maximum Gasteiger partial charge on any atom is 0.223 e. The lowest BCUT2D eigenvalue weighted by atomic mass is 9.81. The number of rotatable bonds is 4. The van der Waals surface area contributed by atoms with Crippen LogP contribution < -0.4 is 11.1 Å². The first-order valence-corrected chi connectivity index (χ1v) is 7.00. The summed E-state index contributed by atoms with van der Waals surface area (Å²) in [4.78, 5) is 16.3. The number of oxazole rings is 1. The Morgan fingerprint density at radius 1 is 1.37 bits per heavy atom. The summed E-state index contributed by atoms with van der Waals surface area (Å²) in [6, 6.07) is 0. The van der Waals surface area contributed by atoms with Gasteiger partial charge in [-0.1, -0.05) is 0 Å². The quantitative estimate of drug-likeness (QED) is 0.867. The zero-order chi connectivity index (χ0) is 13.8. The van der Waals surface area contributed by atoms with Crippen LogP contribution in [0.1, 0.15) is 43.0 Å². The van der Waals surface area contributed by atoms with E-state index in [0.29, 0.717) is 18.4 Å². The highest BCUT2D eigenvalue weighted by Gasteiger charge is 2.25. The van der Waals surface area contributed by atoms with Gasteiger partial charge in [0, 0.05) is 5.92 Å². The van der Waals surface area contributed by atoms with Gasteiger partial charge in [-0.2, -0.15) is 0 Å². The van der Waals surface area contributed by atoms with Crippen molar-refractivity contribution in [3.8, 4) is 0 Å². The normalized spacial score (nSPS) is 23.3. The molecule has 5 heteroatoms. The Bertz CT molecular complexity index is 414. The van der Waals surface area contributed by atoms with Crippen LogP contribution in [0.25, 0.3) is 0 Å². The number of aromatic nitrogens is 1. The first-order chi connectivity index (χ1) is 9.10. The Morgan fingerprint density at radius 3 is 2.58 bits per heavy atom. The minimum absolute atomic E-state index is 0.115. The van der Waals surface area contributed by atoms with Gasteiger partial charge < -0.3 is 15.5 Å². The molecule has 1 aromatic heterocycles. The molecule has 0 aromatic carbocycles. The molecule has 0 spiro atoms. The number of nitrogens with zero attached hydrogens (tertiary/aromatic N) is 1. The summed E-state index contributed by atoms with van der Waals surface area (Å²) in [7, 11) is 0. The molecule has 1 fully saturated rings. The van der Waals surface area contributed by atoms with Gasteiger partial charge in [0.25, 0.3) is 0 Å². The van der Waals surface area contributed by atoms with Gasteiger partial charge in [-0.05, 0) is 52.0 Å². The van der Waals surface area contributed by atoms with Crippen molar-refractivity contribution in [2.45, 2.75) is 46.1 Å². The molecule has 0 atom stereocenters. The van der Waals surface area contributed by atoms with Crippen molar-refractivity contribution < 1.29 is 9.21 Å². The van der Waals surface area contributed by atoms with Crippen LogP contribution in [-0.2, 0) is 11.3 Å². The highest BCUT2D eigenvalue weighted by molar-refractivity contribution is 5.78. The number of carbonyl (C=O) groups is 1. The van der Waals surface area contributed by atoms with E-state index in [2.05, 4.69) is 10.3 Å². The van der Waals surface area contributed by atoms with Gasteiger partial charge in [-0.25, -0.2) is 4.98 Å². The van der Waals surface area contributed by atoms with Crippen molar-refractivity contribution in [3.63, 3.8) is 0 Å². The molecule has 1 aliphatic carbocycles. The Morgan fingerprint density at radius 2 is 2.05 bits per heavy atom. The van der Waals surface area contributed by atoms with Crippen LogP contribution in [0.15, 0.2) is 4.42 Å². The SMILES string of the molecule is Cc1nc(CNC(=O)C2CCC(CN)CC2)oc1C. The average Bonchev–Trinajstić information content (AvgIpc) is 2.75. The second-order valence-corrected chi connectivity index (χ2v) is 5.42. The van der Waals surface area contributed by atoms with Gasteiger partial charge in [0.15, 0.2) is 0 Å². The van der Waals surface area contributed by atoms with Crippen LogP contribution in [-0.4, -0.2) is 17.4 Å². The van der Waals surface area contributed by atoms with Gasteiger partial charge >= 0.3 is 0 Å². The first kappa shape index (κ1) is 14.1. The topological polar surface area (TPSA) is 81.2 Å². The lowest BCUT2D eigenvalue weighted by molar-refractivity contribution is -0.126. The van der Waals surface area contributed by atoms with Crippen molar-refractivity contribution in [1.29, 1.82) is 0 Å². The number of nitrogens with one attached hydrogen (secondary N) is 1. The first-order valence-electron chi connectivity index (χ1n) is 7.00. The molecule has 0 aliphatic heterocycles. The highest BCUT2D eigenvalue weighted by atomic mass is 16.4. The van der Waals surface area contributed by atoms with Crippen LogP contribution in [0.5, 0.6) is 0 Å². The predicted molar refractivity (Wildman–Crippen MR) is 72.3 cm³/mol. The molecule has 0 saturated heterocycles. The maximum absolute atomic E-state index is 12.0. The Hall–Kier alpha value is -1.36. The molecule has 1 heterocycles. The maximum atomic E-state index is 12.0. The molecule has 106 valence electrons. The molecule has 1 amide bonds. The van der Waals surface area contributed by atoms with Crippen LogP contribution in [0, 0.1) is 25.7 Å². The van der Waals surface area contributed by atoms with E-state index in [1.165, 1.54) is 0 Å². The number of nitrogens with two attached hydrogens (primary N) is 1. The molecular formula is C14H23N3O2. The van der Waals surface area contributed by atoms with Crippen LogP contribution in [0.4, 0.5) is 0 Å². The number of hydrogen-bond donors (Lipinski definition) is 2. The fourth-order valence-electron chi connectivity index (χ4n) is 2.58. The van der Waals surface area contributed by atoms with Crippen molar-refractivity contribution in [1.82, 2.24) is 10.3 Å². The van der Waals surface area contributed by atoms with E-state index in [-0.39, 0.29) is 11.8 Å². The molecule has 1 aliphatic rings. The van der Waals surface area contributed by atoms with Crippen molar-refractivity contribution in [2.75, 3.05) is 6.54 Å². The van der Waals surface area contributed by atoms with E-state index in [0.717, 1.165) is 43.7 Å². The van der Waals surface area contributed by atoms with Crippen molar-refractivity contribution in [3.05, 3.63) is 17.3 Å². The van der Waals surface area contributed by atoms with Gasteiger partial charge in [-0.15, -0.1) is 0 Å². The molecule has 0 unspecified atom stereocenters. The predicted octanol–water partition coefficient (Wildman–Crippen LogP) is 1.67. The molecule has 19 heavy (non-hydrogen) atoms. The molecule has 2 rings (SSSR count). The van der Waals surface area contributed by atoms with Crippen LogP contribution in [0.3, 0.4) is 0 Å². The highest BCUT2D eigenvalue weighted by Crippen LogP contribution is 2.28. The second-order valence-electron chi connectivity index (χ2n) is 5.42. The monoisotopic (exact) mass is 265 g/mol. The molecule has 3 N–H and O–H groups in total. The molecular weight excluding hydrogens is 242 g/mol. The molecule has 1 aromatic rings. The van der Waals surface area contributed by atoms with Crippen LogP contribution in [0.2, 0.25) is 0 Å². The summed E-state index contributed by atoms with van der Waals surface area (Å²) in [6.07, 6.45) is 4.01. The Balaban J connectivity index is 1.78. The van der Waals surface area contributed by atoms with Gasteiger partial charge in [0.1, 0.15) is 5.76 Å². The summed E-state index contributed by atoms with van der Waals surface area (Å²) in [5.41, 5.74) is 6.54. The van der Waals surface area contributed by atoms with E-state index < -0.39 is 0 Å². The summed E-state index contributed by atoms with van der Waals surface area (Å²) in [5, 5.41) is 2.92. The number of carbonyl (C=O) groups excluding carboxylic acids is 1. The lowest BCUT2D eigenvalue weighted by Crippen LogP contribution is -2.34. The van der Waals surface area contributed by atoms with Gasteiger partial charge in [0.05, 0.1) is 12.2 Å². The van der Waals surface area contributed by atoms with Crippen molar-refractivity contribution in [2.24, 2.45) is 17.6 Å². The Kier molecular flexibility index (Phi) is 4.58. The largest absolute Gasteiger partial charge is 0.444 e. The van der Waals surface area contributed by atoms with Crippen LogP contribution >= 0.6 is 0 Å². The van der Waals surface area contributed by atoms with E-state index in [9.17, 15) is 4.79 Å². The summed E-state index contributed by atoms with van der Waals surface area (Å²) < 4.78 is 5.44. The van der Waals surface area contributed by atoms with Gasteiger partial charge in [-0.3, -0.25) is 4.79 Å². The third kappa shape index (κ3) is 3.56. The Labute approximate surface area is 114 Å². The lowest BCUT2D eigenvalue weighted by Gasteiger charge is -2.26. The molecule has 0 radical (unpaired) electrons. The summed E-state index contributed by atoms with van der Waals surface area (Å²) in [6.45, 7) is 4.90. The molecule has 1 saturated carbocycles. The van der Waals surface area contributed by atoms with Crippen molar-refractivity contribution >= 4 is 5.91 Å². The average molecular weight is 265 g/mol. The number of hydrogen-bond acceptors (Lipinski definition) is 4. The van der Waals surface area contributed by atoms with Gasteiger partial charge in [0.2, 0.25) is 11.8 Å². The number of amides is 1. The minimum atomic E-state index is 0.115. The minimum Gasteiger partial charge on any atom is -0.444 e. The molecule has 5 nitrogen and oxygen atoms in total. The van der Waals surface area contributed by atoms with E-state index >= 15 is 0 Å².